The highest BCUT2D eigenvalue weighted by atomic mass is 19.1. The number of aromatic nitrogens is 6. The van der Waals surface area contributed by atoms with E-state index in [4.69, 9.17) is 9.84 Å². The molecule has 210 valence electrons. The van der Waals surface area contributed by atoms with E-state index in [1.54, 1.807) is 36.0 Å². The molecule has 11 nitrogen and oxygen atoms in total. The summed E-state index contributed by atoms with van der Waals surface area (Å²) in [6.07, 6.45) is 2.81. The van der Waals surface area contributed by atoms with Crippen LogP contribution in [0.4, 0.5) is 20.4 Å². The number of amides is 1. The van der Waals surface area contributed by atoms with Crippen LogP contribution in [0.1, 0.15) is 10.4 Å². The fraction of sp³-hybridized carbons (Fsp3) is 0.250. The molecule has 1 amide bonds. The average Bonchev–Trinajstić information content (AvgIpc) is 3.60. The molecule has 1 fully saturated rings. The van der Waals surface area contributed by atoms with Crippen LogP contribution < -0.4 is 10.2 Å². The maximum atomic E-state index is 13.7. The molecule has 5 heterocycles. The van der Waals surface area contributed by atoms with Crippen molar-refractivity contribution in [3.63, 3.8) is 0 Å². The molecule has 0 aliphatic carbocycles. The van der Waals surface area contributed by atoms with Crippen LogP contribution in [0.15, 0.2) is 60.9 Å². The van der Waals surface area contributed by atoms with Crippen molar-refractivity contribution < 1.29 is 18.3 Å². The first-order chi connectivity index (χ1) is 20.0. The largest absolute Gasteiger partial charge is 0.383 e. The van der Waals surface area contributed by atoms with Crippen molar-refractivity contribution in [1.82, 2.24) is 34.7 Å². The van der Waals surface area contributed by atoms with Gasteiger partial charge >= 0.3 is 0 Å². The van der Waals surface area contributed by atoms with E-state index in [0.717, 1.165) is 55.7 Å². The van der Waals surface area contributed by atoms with Gasteiger partial charge in [-0.3, -0.25) is 14.8 Å². The van der Waals surface area contributed by atoms with Gasteiger partial charge in [-0.1, -0.05) is 0 Å². The Balaban J connectivity index is 1.33. The minimum Gasteiger partial charge on any atom is -0.383 e. The molecular formula is C28H27F2N9O2. The number of rotatable bonds is 8. The van der Waals surface area contributed by atoms with Crippen LogP contribution in [-0.4, -0.2) is 87.0 Å². The summed E-state index contributed by atoms with van der Waals surface area (Å²) in [4.78, 5) is 25.1. The number of methoxy groups -OCH3 is 1. The van der Waals surface area contributed by atoms with Crippen LogP contribution in [0.2, 0.25) is 0 Å². The third-order valence-corrected chi connectivity index (χ3v) is 6.97. The summed E-state index contributed by atoms with van der Waals surface area (Å²) in [6, 6.07) is 12.3. The number of carbonyl (C=O) groups excluding carboxylic acids is 1. The lowest BCUT2D eigenvalue weighted by Crippen LogP contribution is -2.47. The number of hydrogen-bond donors (Lipinski definition) is 2. The number of nitrogens with zero attached hydrogens (tertiary/aromatic N) is 7. The predicted molar refractivity (Wildman–Crippen MR) is 149 cm³/mol. The maximum Gasteiger partial charge on any atom is 0.257 e. The molecule has 0 bridgehead atoms. The highest BCUT2D eigenvalue weighted by Gasteiger charge is 2.26. The highest BCUT2D eigenvalue weighted by Crippen LogP contribution is 2.37. The van der Waals surface area contributed by atoms with E-state index >= 15 is 0 Å². The molecule has 1 aliphatic rings. The zero-order chi connectivity index (χ0) is 28.3. The van der Waals surface area contributed by atoms with E-state index in [-0.39, 0.29) is 17.2 Å². The van der Waals surface area contributed by atoms with E-state index in [1.807, 2.05) is 6.07 Å². The monoisotopic (exact) mass is 559 g/mol. The summed E-state index contributed by atoms with van der Waals surface area (Å²) in [6.45, 7) is 4.84. The van der Waals surface area contributed by atoms with E-state index < -0.39 is 11.9 Å². The first-order valence-electron chi connectivity index (χ1n) is 13.1. The Bertz CT molecular complexity index is 1680. The van der Waals surface area contributed by atoms with E-state index in [9.17, 15) is 13.6 Å². The first kappa shape index (κ1) is 26.5. The van der Waals surface area contributed by atoms with Crippen LogP contribution >= 0.6 is 0 Å². The second kappa shape index (κ2) is 11.4. The molecule has 0 spiro atoms. The van der Waals surface area contributed by atoms with Gasteiger partial charge < -0.3 is 15.0 Å². The number of anilines is 2. The number of pyridine rings is 1. The Hall–Kier alpha value is -4.75. The molecule has 1 aliphatic heterocycles. The van der Waals surface area contributed by atoms with E-state index in [1.165, 1.54) is 24.4 Å². The average molecular weight is 560 g/mol. The number of piperazine rings is 1. The number of carbonyl (C=O) groups is 1. The minimum atomic E-state index is -0.747. The number of halogens is 2. The van der Waals surface area contributed by atoms with E-state index in [2.05, 4.69) is 35.3 Å². The fourth-order valence-electron chi connectivity index (χ4n) is 4.84. The number of nitrogens with one attached hydrogen (secondary N) is 2. The van der Waals surface area contributed by atoms with Crippen molar-refractivity contribution >= 4 is 23.2 Å². The summed E-state index contributed by atoms with van der Waals surface area (Å²) >= 11 is 0. The van der Waals surface area contributed by atoms with Crippen molar-refractivity contribution in [3.05, 3.63) is 78.3 Å². The lowest BCUT2D eigenvalue weighted by Gasteiger charge is -2.35. The first-order valence-corrected chi connectivity index (χ1v) is 13.1. The molecule has 13 heteroatoms. The van der Waals surface area contributed by atoms with Crippen molar-refractivity contribution in [3.8, 4) is 22.5 Å². The van der Waals surface area contributed by atoms with Gasteiger partial charge in [0.25, 0.3) is 5.91 Å². The molecule has 6 rings (SSSR count). The molecule has 0 unspecified atom stereocenters. The number of H-pyrrole nitrogens is 1. The minimum absolute atomic E-state index is 0.123. The second-order valence-corrected chi connectivity index (χ2v) is 9.59. The Morgan fingerprint density at radius 1 is 1.07 bits per heavy atom. The summed E-state index contributed by atoms with van der Waals surface area (Å²) in [5.41, 5.74) is 3.40. The second-order valence-electron chi connectivity index (χ2n) is 9.59. The van der Waals surface area contributed by atoms with Crippen LogP contribution in [0, 0.1) is 11.8 Å². The van der Waals surface area contributed by atoms with Gasteiger partial charge in [-0.15, -0.1) is 0 Å². The Morgan fingerprint density at radius 2 is 1.88 bits per heavy atom. The van der Waals surface area contributed by atoms with Gasteiger partial charge in [0.05, 0.1) is 24.1 Å². The molecule has 1 aromatic carbocycles. The number of ether oxygens (including phenoxy) is 1. The highest BCUT2D eigenvalue weighted by molar-refractivity contribution is 6.03. The summed E-state index contributed by atoms with van der Waals surface area (Å²) in [5, 5.41) is 15.3. The van der Waals surface area contributed by atoms with Crippen LogP contribution in [-0.2, 0) is 4.74 Å². The molecule has 0 radical (unpaired) electrons. The predicted octanol–water partition coefficient (Wildman–Crippen LogP) is 3.48. The normalized spacial score (nSPS) is 14.1. The molecule has 4 aromatic heterocycles. The van der Waals surface area contributed by atoms with Crippen LogP contribution in [0.3, 0.4) is 0 Å². The molecule has 1 saturated heterocycles. The van der Waals surface area contributed by atoms with Gasteiger partial charge in [-0.05, 0) is 42.5 Å². The number of aromatic amines is 1. The van der Waals surface area contributed by atoms with Gasteiger partial charge in [-0.2, -0.15) is 14.6 Å². The Morgan fingerprint density at radius 3 is 2.63 bits per heavy atom. The summed E-state index contributed by atoms with van der Waals surface area (Å²) in [7, 11) is 1.70. The summed E-state index contributed by atoms with van der Waals surface area (Å²) < 4.78 is 34.0. The standard InChI is InChI=1S/C28H27F2N9O2/c1-41-15-14-37-10-12-38(13-11-37)27-25(26(34-35-27)18-2-4-20(29)5-3-18)21-6-7-24-32-23(17-39(24)36-21)33-28(40)19-8-9-31-22(30)16-19/h2-9,16-17H,10-15H2,1H3,(H,33,40)(H,34,35). The number of imidazole rings is 1. The lowest BCUT2D eigenvalue weighted by atomic mass is 10.0. The Kier molecular flexibility index (Phi) is 7.35. The lowest BCUT2D eigenvalue weighted by molar-refractivity contribution is 0.102. The van der Waals surface area contributed by atoms with Crippen LogP contribution in [0.25, 0.3) is 28.2 Å². The quantitative estimate of drug-likeness (QED) is 0.278. The van der Waals surface area contributed by atoms with Gasteiger partial charge in [0, 0.05) is 63.2 Å². The van der Waals surface area contributed by atoms with Gasteiger partial charge in [0.2, 0.25) is 5.95 Å². The van der Waals surface area contributed by atoms with Crippen molar-refractivity contribution in [2.45, 2.75) is 0 Å². The SMILES string of the molecule is COCCN1CCN(c2[nH]nc(-c3ccc(F)cc3)c2-c2ccc3nc(NC(=O)c4ccnc(F)c4)cn3n2)CC1. The third kappa shape index (κ3) is 5.62. The van der Waals surface area contributed by atoms with Crippen LogP contribution in [0.5, 0.6) is 0 Å². The maximum absolute atomic E-state index is 13.7. The van der Waals surface area contributed by atoms with Crippen molar-refractivity contribution in [2.24, 2.45) is 0 Å². The molecule has 0 saturated carbocycles. The van der Waals surface area contributed by atoms with Gasteiger partial charge in [0.1, 0.15) is 17.3 Å². The zero-order valence-electron chi connectivity index (χ0n) is 22.2. The molecule has 5 aromatic rings. The zero-order valence-corrected chi connectivity index (χ0v) is 22.2. The molecular weight excluding hydrogens is 532 g/mol. The Labute approximate surface area is 233 Å². The van der Waals surface area contributed by atoms with Gasteiger partial charge in [0.15, 0.2) is 11.5 Å². The summed E-state index contributed by atoms with van der Waals surface area (Å²) in [5.74, 6) is -0.523. The van der Waals surface area contributed by atoms with Crippen molar-refractivity contribution in [1.29, 1.82) is 0 Å². The smallest absolute Gasteiger partial charge is 0.257 e. The topological polar surface area (TPSA) is 117 Å². The molecule has 2 N–H and O–H groups in total. The van der Waals surface area contributed by atoms with Gasteiger partial charge in [-0.25, -0.2) is 18.9 Å². The molecule has 41 heavy (non-hydrogen) atoms. The van der Waals surface area contributed by atoms with E-state index in [0.29, 0.717) is 23.6 Å². The molecule has 0 atom stereocenters. The third-order valence-electron chi connectivity index (χ3n) is 6.97. The van der Waals surface area contributed by atoms with Crippen molar-refractivity contribution in [2.75, 3.05) is 56.7 Å². The number of fused-ring (bicyclic) bond motifs is 1. The fourth-order valence-corrected chi connectivity index (χ4v) is 4.84. The number of hydrogen-bond acceptors (Lipinski definition) is 8. The number of benzene rings is 1.